The number of aromatic nitrogens is 2. The molecule has 2 aromatic rings. The topological polar surface area (TPSA) is 77.0 Å². The number of halogens is 2. The predicted molar refractivity (Wildman–Crippen MR) is 72.1 cm³/mol. The van der Waals surface area contributed by atoms with E-state index in [4.69, 9.17) is 33.5 Å². The molecule has 3 N–H and O–H groups in total. The van der Waals surface area contributed by atoms with Gasteiger partial charge in [-0.1, -0.05) is 28.4 Å². The number of hydrogen-bond acceptors (Lipinski definition) is 5. The van der Waals surface area contributed by atoms with E-state index >= 15 is 0 Å². The smallest absolute Gasteiger partial charge is 0.228 e. The van der Waals surface area contributed by atoms with Gasteiger partial charge >= 0.3 is 0 Å². The minimum absolute atomic E-state index is 0.437. The van der Waals surface area contributed by atoms with Crippen molar-refractivity contribution in [3.8, 4) is 0 Å². The molecule has 18 heavy (non-hydrogen) atoms. The molecule has 1 heterocycles. The van der Waals surface area contributed by atoms with Crippen molar-refractivity contribution < 1.29 is 4.52 Å². The van der Waals surface area contributed by atoms with Crippen LogP contribution >= 0.6 is 23.2 Å². The molecule has 0 amide bonds. The van der Waals surface area contributed by atoms with Crippen LogP contribution in [0.4, 0.5) is 11.4 Å². The molecular formula is C11H12Cl2N4O. The molecule has 0 atom stereocenters. The SMILES string of the molecule is Cc1noc(CCNc2cc(Cl)c(Cl)cc2N)n1. The molecular weight excluding hydrogens is 275 g/mol. The summed E-state index contributed by atoms with van der Waals surface area (Å²) in [6.07, 6.45) is 0.612. The zero-order valence-electron chi connectivity index (χ0n) is 9.70. The molecule has 0 aliphatic rings. The van der Waals surface area contributed by atoms with Gasteiger partial charge in [-0.15, -0.1) is 0 Å². The molecule has 7 heteroatoms. The summed E-state index contributed by atoms with van der Waals surface area (Å²) >= 11 is 11.8. The molecule has 0 saturated heterocycles. The van der Waals surface area contributed by atoms with Crippen molar-refractivity contribution >= 4 is 34.6 Å². The molecule has 0 unspecified atom stereocenters. The van der Waals surface area contributed by atoms with Crippen molar-refractivity contribution in [3.63, 3.8) is 0 Å². The number of hydrogen-bond donors (Lipinski definition) is 2. The summed E-state index contributed by atoms with van der Waals surface area (Å²) in [4.78, 5) is 4.10. The maximum atomic E-state index is 5.92. The minimum atomic E-state index is 0.437. The van der Waals surface area contributed by atoms with E-state index in [9.17, 15) is 0 Å². The second kappa shape index (κ2) is 5.46. The Bertz CT molecular complexity index is 556. The molecule has 5 nitrogen and oxygen atoms in total. The van der Waals surface area contributed by atoms with E-state index in [-0.39, 0.29) is 0 Å². The Balaban J connectivity index is 1.96. The quantitative estimate of drug-likeness (QED) is 0.845. The Kier molecular flexibility index (Phi) is 3.93. The highest BCUT2D eigenvalue weighted by Gasteiger charge is 2.06. The number of nitrogens with two attached hydrogens (primary N) is 1. The second-order valence-electron chi connectivity index (χ2n) is 3.77. The van der Waals surface area contributed by atoms with Crippen LogP contribution in [0, 0.1) is 6.92 Å². The summed E-state index contributed by atoms with van der Waals surface area (Å²) in [5.74, 6) is 1.21. The van der Waals surface area contributed by atoms with Crippen molar-refractivity contribution in [1.82, 2.24) is 10.1 Å². The first kappa shape index (κ1) is 13.0. The first-order valence-corrected chi connectivity index (χ1v) is 6.09. The Morgan fingerprint density at radius 2 is 2.06 bits per heavy atom. The zero-order chi connectivity index (χ0) is 13.1. The first-order chi connectivity index (χ1) is 8.56. The van der Waals surface area contributed by atoms with Gasteiger partial charge in [0, 0.05) is 13.0 Å². The summed E-state index contributed by atoms with van der Waals surface area (Å²) in [6.45, 7) is 2.39. The third kappa shape index (κ3) is 3.05. The van der Waals surface area contributed by atoms with Gasteiger partial charge in [0.1, 0.15) is 0 Å². The largest absolute Gasteiger partial charge is 0.397 e. The van der Waals surface area contributed by atoms with Crippen LogP contribution in [-0.4, -0.2) is 16.7 Å². The van der Waals surface area contributed by atoms with E-state index in [0.29, 0.717) is 40.4 Å². The van der Waals surface area contributed by atoms with Gasteiger partial charge in [0.05, 0.1) is 21.4 Å². The van der Waals surface area contributed by atoms with Gasteiger partial charge in [-0.05, 0) is 19.1 Å². The molecule has 1 aromatic carbocycles. The van der Waals surface area contributed by atoms with Crippen LogP contribution in [0.2, 0.25) is 10.0 Å². The van der Waals surface area contributed by atoms with Gasteiger partial charge in [-0.2, -0.15) is 4.98 Å². The molecule has 0 fully saturated rings. The highest BCUT2D eigenvalue weighted by atomic mass is 35.5. The number of rotatable bonds is 4. The number of nitrogen functional groups attached to an aromatic ring is 1. The van der Waals surface area contributed by atoms with E-state index in [1.54, 1.807) is 19.1 Å². The lowest BCUT2D eigenvalue weighted by molar-refractivity contribution is 0.377. The zero-order valence-corrected chi connectivity index (χ0v) is 11.2. The maximum Gasteiger partial charge on any atom is 0.228 e. The number of nitrogens with one attached hydrogen (secondary N) is 1. The lowest BCUT2D eigenvalue weighted by atomic mass is 10.2. The fraction of sp³-hybridized carbons (Fsp3) is 0.273. The number of aryl methyl sites for hydroxylation is 1. The Morgan fingerprint density at radius 3 is 2.72 bits per heavy atom. The third-order valence-corrected chi connectivity index (χ3v) is 3.04. The summed E-state index contributed by atoms with van der Waals surface area (Å²) in [6, 6.07) is 3.31. The van der Waals surface area contributed by atoms with Gasteiger partial charge in [-0.3, -0.25) is 0 Å². The number of anilines is 2. The van der Waals surface area contributed by atoms with E-state index < -0.39 is 0 Å². The minimum Gasteiger partial charge on any atom is -0.397 e. The summed E-state index contributed by atoms with van der Waals surface area (Å²) < 4.78 is 5.00. The van der Waals surface area contributed by atoms with Gasteiger partial charge in [0.25, 0.3) is 0 Å². The molecule has 0 aliphatic carbocycles. The highest BCUT2D eigenvalue weighted by molar-refractivity contribution is 6.42. The normalized spacial score (nSPS) is 10.6. The lowest BCUT2D eigenvalue weighted by Gasteiger charge is -2.09. The fourth-order valence-corrected chi connectivity index (χ4v) is 1.80. The Morgan fingerprint density at radius 1 is 1.33 bits per heavy atom. The molecule has 1 aromatic heterocycles. The Labute approximate surface area is 114 Å². The average molecular weight is 287 g/mol. The average Bonchev–Trinajstić information content (AvgIpc) is 2.71. The monoisotopic (exact) mass is 286 g/mol. The standard InChI is InChI=1S/C11H12Cl2N4O/c1-6-16-11(18-17-6)2-3-15-10-5-8(13)7(12)4-9(10)14/h4-5,15H,2-3,14H2,1H3. The van der Waals surface area contributed by atoms with Gasteiger partial charge in [-0.25, -0.2) is 0 Å². The van der Waals surface area contributed by atoms with E-state index in [1.807, 2.05) is 0 Å². The first-order valence-electron chi connectivity index (χ1n) is 5.34. The van der Waals surface area contributed by atoms with Crippen LogP contribution < -0.4 is 11.1 Å². The molecule has 96 valence electrons. The van der Waals surface area contributed by atoms with Crippen LogP contribution in [0.25, 0.3) is 0 Å². The van der Waals surface area contributed by atoms with Gasteiger partial charge in [0.2, 0.25) is 5.89 Å². The van der Waals surface area contributed by atoms with E-state index in [2.05, 4.69) is 15.5 Å². The summed E-state index contributed by atoms with van der Waals surface area (Å²) in [5, 5.41) is 7.75. The van der Waals surface area contributed by atoms with Crippen molar-refractivity contribution in [2.24, 2.45) is 0 Å². The number of benzene rings is 1. The van der Waals surface area contributed by atoms with Gasteiger partial charge in [0.15, 0.2) is 5.82 Å². The lowest BCUT2D eigenvalue weighted by Crippen LogP contribution is -2.07. The molecule has 0 radical (unpaired) electrons. The van der Waals surface area contributed by atoms with Crippen LogP contribution in [0.3, 0.4) is 0 Å². The Hall–Kier alpha value is -1.46. The molecule has 0 bridgehead atoms. The summed E-state index contributed by atoms with van der Waals surface area (Å²) in [7, 11) is 0. The van der Waals surface area contributed by atoms with E-state index in [0.717, 1.165) is 5.69 Å². The van der Waals surface area contributed by atoms with Crippen LogP contribution in [0.15, 0.2) is 16.7 Å². The number of nitrogens with zero attached hydrogens (tertiary/aromatic N) is 2. The van der Waals surface area contributed by atoms with Crippen LogP contribution in [0.5, 0.6) is 0 Å². The predicted octanol–water partition coefficient (Wildman–Crippen LogP) is 2.92. The fourth-order valence-electron chi connectivity index (χ4n) is 1.46. The van der Waals surface area contributed by atoms with Crippen molar-refractivity contribution in [2.75, 3.05) is 17.6 Å². The van der Waals surface area contributed by atoms with E-state index in [1.165, 1.54) is 0 Å². The van der Waals surface area contributed by atoms with Crippen molar-refractivity contribution in [1.29, 1.82) is 0 Å². The molecule has 0 aliphatic heterocycles. The highest BCUT2D eigenvalue weighted by Crippen LogP contribution is 2.30. The van der Waals surface area contributed by atoms with Crippen LogP contribution in [0.1, 0.15) is 11.7 Å². The molecule has 2 rings (SSSR count). The molecule has 0 saturated carbocycles. The van der Waals surface area contributed by atoms with Crippen molar-refractivity contribution in [2.45, 2.75) is 13.3 Å². The van der Waals surface area contributed by atoms with Crippen LogP contribution in [-0.2, 0) is 6.42 Å². The molecule has 0 spiro atoms. The maximum absolute atomic E-state index is 5.92. The van der Waals surface area contributed by atoms with Gasteiger partial charge < -0.3 is 15.6 Å². The third-order valence-electron chi connectivity index (χ3n) is 2.32. The van der Waals surface area contributed by atoms with Crippen molar-refractivity contribution in [3.05, 3.63) is 33.9 Å². The summed E-state index contributed by atoms with van der Waals surface area (Å²) in [5.41, 5.74) is 7.10. The second-order valence-corrected chi connectivity index (χ2v) is 4.58.